The van der Waals surface area contributed by atoms with Gasteiger partial charge in [0.15, 0.2) is 0 Å². The molecule has 0 amide bonds. The van der Waals surface area contributed by atoms with Crippen LogP contribution in [0.15, 0.2) is 23.1 Å². The predicted molar refractivity (Wildman–Crippen MR) is 69.4 cm³/mol. The number of aryl methyl sites for hydroxylation is 2. The van der Waals surface area contributed by atoms with Crippen LogP contribution in [0.1, 0.15) is 24.5 Å². The molecule has 0 aliphatic carbocycles. The van der Waals surface area contributed by atoms with Crippen molar-refractivity contribution in [1.29, 1.82) is 0 Å². The van der Waals surface area contributed by atoms with Crippen molar-refractivity contribution in [3.63, 3.8) is 0 Å². The molecule has 0 fully saturated rings. The van der Waals surface area contributed by atoms with Gasteiger partial charge in [-0.3, -0.25) is 0 Å². The van der Waals surface area contributed by atoms with Crippen molar-refractivity contribution in [2.24, 2.45) is 5.73 Å². The van der Waals surface area contributed by atoms with Gasteiger partial charge in [0, 0.05) is 12.6 Å². The first-order valence-electron chi connectivity index (χ1n) is 5.65. The fraction of sp³-hybridized carbons (Fsp3) is 0.500. The molecular weight excluding hydrogens is 236 g/mol. The van der Waals surface area contributed by atoms with E-state index >= 15 is 0 Å². The van der Waals surface area contributed by atoms with E-state index < -0.39 is 10.0 Å². The Morgan fingerprint density at radius 2 is 1.76 bits per heavy atom. The summed E-state index contributed by atoms with van der Waals surface area (Å²) in [6.45, 7) is 5.99. The van der Waals surface area contributed by atoms with Gasteiger partial charge in [-0.2, -0.15) is 0 Å². The van der Waals surface area contributed by atoms with Crippen molar-refractivity contribution in [3.8, 4) is 0 Å². The van der Waals surface area contributed by atoms with Gasteiger partial charge in [0.1, 0.15) is 0 Å². The van der Waals surface area contributed by atoms with Crippen molar-refractivity contribution in [2.45, 2.75) is 38.1 Å². The van der Waals surface area contributed by atoms with E-state index in [1.165, 1.54) is 0 Å². The lowest BCUT2D eigenvalue weighted by atomic mass is 10.2. The molecule has 0 radical (unpaired) electrons. The molecule has 0 saturated carbocycles. The molecule has 0 spiro atoms. The minimum atomic E-state index is -3.41. The number of nitrogens with two attached hydrogens (primary N) is 1. The second-order valence-corrected chi connectivity index (χ2v) is 6.25. The third kappa shape index (κ3) is 4.46. The van der Waals surface area contributed by atoms with Crippen molar-refractivity contribution in [3.05, 3.63) is 29.3 Å². The molecule has 0 heterocycles. The van der Waals surface area contributed by atoms with Crippen molar-refractivity contribution in [1.82, 2.24) is 4.72 Å². The lowest BCUT2D eigenvalue weighted by molar-refractivity contribution is 0.571. The maximum atomic E-state index is 12.0. The topological polar surface area (TPSA) is 72.2 Å². The van der Waals surface area contributed by atoms with Crippen LogP contribution in [0.2, 0.25) is 0 Å². The van der Waals surface area contributed by atoms with Gasteiger partial charge in [-0.05, 0) is 50.5 Å². The quantitative estimate of drug-likeness (QED) is 0.834. The fourth-order valence-corrected chi connectivity index (χ4v) is 2.83. The van der Waals surface area contributed by atoms with E-state index in [0.29, 0.717) is 17.9 Å². The Morgan fingerprint density at radius 1 is 1.24 bits per heavy atom. The third-order valence-electron chi connectivity index (χ3n) is 2.40. The molecular formula is C12H20N2O2S. The van der Waals surface area contributed by atoms with E-state index in [1.54, 1.807) is 12.1 Å². The Kier molecular flexibility index (Phi) is 4.68. The smallest absolute Gasteiger partial charge is 0.240 e. The van der Waals surface area contributed by atoms with Crippen LogP contribution in [0.3, 0.4) is 0 Å². The lowest BCUT2D eigenvalue weighted by Gasteiger charge is -2.09. The number of nitrogens with one attached hydrogen (secondary N) is 1. The van der Waals surface area contributed by atoms with E-state index in [4.69, 9.17) is 5.73 Å². The van der Waals surface area contributed by atoms with Gasteiger partial charge < -0.3 is 5.73 Å². The van der Waals surface area contributed by atoms with Crippen LogP contribution in [0, 0.1) is 13.8 Å². The van der Waals surface area contributed by atoms with Gasteiger partial charge in [-0.25, -0.2) is 13.1 Å². The molecule has 1 aromatic rings. The summed E-state index contributed by atoms with van der Waals surface area (Å²) >= 11 is 0. The highest BCUT2D eigenvalue weighted by molar-refractivity contribution is 7.89. The molecule has 0 aromatic heterocycles. The summed E-state index contributed by atoms with van der Waals surface area (Å²) in [4.78, 5) is 0.319. The maximum Gasteiger partial charge on any atom is 0.240 e. The van der Waals surface area contributed by atoms with Crippen molar-refractivity contribution >= 4 is 10.0 Å². The van der Waals surface area contributed by atoms with E-state index in [0.717, 1.165) is 11.1 Å². The molecule has 5 heteroatoms. The van der Waals surface area contributed by atoms with Gasteiger partial charge in [-0.15, -0.1) is 0 Å². The summed E-state index contributed by atoms with van der Waals surface area (Å²) in [6, 6.07) is 5.28. The molecule has 0 saturated heterocycles. The number of hydrogen-bond donors (Lipinski definition) is 2. The highest BCUT2D eigenvalue weighted by Gasteiger charge is 2.14. The van der Waals surface area contributed by atoms with Crippen LogP contribution in [-0.2, 0) is 10.0 Å². The summed E-state index contributed by atoms with van der Waals surface area (Å²) in [6.07, 6.45) is 0.629. The number of hydrogen-bond acceptors (Lipinski definition) is 3. The number of rotatable bonds is 5. The first-order valence-corrected chi connectivity index (χ1v) is 7.13. The molecule has 0 bridgehead atoms. The average Bonchev–Trinajstić information content (AvgIpc) is 2.14. The molecule has 1 unspecified atom stereocenters. The largest absolute Gasteiger partial charge is 0.328 e. The van der Waals surface area contributed by atoms with E-state index in [-0.39, 0.29) is 6.04 Å². The summed E-state index contributed by atoms with van der Waals surface area (Å²) in [5.41, 5.74) is 7.46. The van der Waals surface area contributed by atoms with Crippen LogP contribution in [0.4, 0.5) is 0 Å². The first-order chi connectivity index (χ1) is 7.81. The second-order valence-electron chi connectivity index (χ2n) is 4.49. The minimum Gasteiger partial charge on any atom is -0.328 e. The summed E-state index contributed by atoms with van der Waals surface area (Å²) in [5.74, 6) is 0. The Morgan fingerprint density at radius 3 is 2.24 bits per heavy atom. The zero-order valence-electron chi connectivity index (χ0n) is 10.5. The van der Waals surface area contributed by atoms with E-state index in [2.05, 4.69) is 4.72 Å². The van der Waals surface area contributed by atoms with E-state index in [9.17, 15) is 8.42 Å². The van der Waals surface area contributed by atoms with Crippen LogP contribution in [0.25, 0.3) is 0 Å². The Hall–Kier alpha value is -0.910. The molecule has 0 aliphatic heterocycles. The van der Waals surface area contributed by atoms with Gasteiger partial charge in [0.25, 0.3) is 0 Å². The molecule has 1 aromatic carbocycles. The number of sulfonamides is 1. The molecule has 1 atom stereocenters. The summed E-state index contributed by atoms with van der Waals surface area (Å²) in [5, 5.41) is 0. The normalized spacial score (nSPS) is 13.6. The molecule has 0 aliphatic rings. The number of benzene rings is 1. The zero-order chi connectivity index (χ0) is 13.1. The van der Waals surface area contributed by atoms with Crippen LogP contribution in [0.5, 0.6) is 0 Å². The molecule has 3 N–H and O–H groups in total. The van der Waals surface area contributed by atoms with E-state index in [1.807, 2.05) is 26.8 Å². The Bertz CT molecular complexity index is 461. The summed E-state index contributed by atoms with van der Waals surface area (Å²) < 4.78 is 26.5. The highest BCUT2D eigenvalue weighted by atomic mass is 32.2. The summed E-state index contributed by atoms with van der Waals surface area (Å²) in [7, 11) is -3.41. The first kappa shape index (κ1) is 14.2. The fourth-order valence-electron chi connectivity index (χ4n) is 1.59. The predicted octanol–water partition coefficient (Wildman–Crippen LogP) is 1.32. The van der Waals surface area contributed by atoms with Gasteiger partial charge in [0.05, 0.1) is 4.90 Å². The molecule has 96 valence electrons. The van der Waals surface area contributed by atoms with Crippen molar-refractivity contribution < 1.29 is 8.42 Å². The average molecular weight is 256 g/mol. The minimum absolute atomic E-state index is 0.00283. The Labute approximate surface area is 103 Å². The zero-order valence-corrected chi connectivity index (χ0v) is 11.3. The monoisotopic (exact) mass is 256 g/mol. The Balaban J connectivity index is 2.82. The second kappa shape index (κ2) is 5.62. The van der Waals surface area contributed by atoms with Gasteiger partial charge >= 0.3 is 0 Å². The highest BCUT2D eigenvalue weighted by Crippen LogP contribution is 2.14. The lowest BCUT2D eigenvalue weighted by Crippen LogP contribution is -2.29. The maximum absolute atomic E-state index is 12.0. The standard InChI is InChI=1S/C12H20N2O2S/c1-9-6-10(2)8-12(7-9)17(15,16)14-5-4-11(3)13/h6-8,11,14H,4-5,13H2,1-3H3. The molecule has 4 nitrogen and oxygen atoms in total. The van der Waals surface area contributed by atoms with Crippen LogP contribution < -0.4 is 10.5 Å². The third-order valence-corrected chi connectivity index (χ3v) is 3.84. The van der Waals surface area contributed by atoms with Gasteiger partial charge in [-0.1, -0.05) is 6.07 Å². The molecule has 1 rings (SSSR count). The SMILES string of the molecule is Cc1cc(C)cc(S(=O)(=O)NCCC(C)N)c1. The van der Waals surface area contributed by atoms with Crippen LogP contribution in [-0.4, -0.2) is 21.0 Å². The van der Waals surface area contributed by atoms with Crippen LogP contribution >= 0.6 is 0 Å². The van der Waals surface area contributed by atoms with Gasteiger partial charge in [0.2, 0.25) is 10.0 Å². The molecule has 17 heavy (non-hydrogen) atoms. The van der Waals surface area contributed by atoms with Crippen molar-refractivity contribution in [2.75, 3.05) is 6.54 Å².